The lowest BCUT2D eigenvalue weighted by atomic mass is 9.94. The van der Waals surface area contributed by atoms with E-state index in [1.807, 2.05) is 0 Å². The molecule has 1 atom stereocenters. The number of ether oxygens (including phenoxy) is 1. The molecule has 0 amide bonds. The van der Waals surface area contributed by atoms with E-state index in [0.29, 0.717) is 6.61 Å². The summed E-state index contributed by atoms with van der Waals surface area (Å²) in [6, 6.07) is 0. The third-order valence-electron chi connectivity index (χ3n) is 3.40. The van der Waals surface area contributed by atoms with Crippen molar-refractivity contribution in [3.63, 3.8) is 0 Å². The SMILES string of the molecule is COCC(C)(CCO)NCC1CCNCC1. The van der Waals surface area contributed by atoms with E-state index in [2.05, 4.69) is 17.6 Å². The molecule has 0 aromatic rings. The molecular weight excluding hydrogens is 204 g/mol. The molecule has 0 spiro atoms. The summed E-state index contributed by atoms with van der Waals surface area (Å²) in [6.45, 7) is 6.27. The van der Waals surface area contributed by atoms with E-state index >= 15 is 0 Å². The molecule has 16 heavy (non-hydrogen) atoms. The predicted molar refractivity (Wildman–Crippen MR) is 65.6 cm³/mol. The van der Waals surface area contributed by atoms with Gasteiger partial charge >= 0.3 is 0 Å². The number of hydrogen-bond donors (Lipinski definition) is 3. The van der Waals surface area contributed by atoms with Crippen LogP contribution in [0.2, 0.25) is 0 Å². The summed E-state index contributed by atoms with van der Waals surface area (Å²) in [6.07, 6.45) is 3.23. The first-order valence-corrected chi connectivity index (χ1v) is 6.26. The third kappa shape index (κ3) is 4.78. The van der Waals surface area contributed by atoms with Gasteiger partial charge in [0.2, 0.25) is 0 Å². The first kappa shape index (κ1) is 13.9. The number of nitrogens with one attached hydrogen (secondary N) is 2. The van der Waals surface area contributed by atoms with Gasteiger partial charge in [0, 0.05) is 19.3 Å². The Hall–Kier alpha value is -0.160. The van der Waals surface area contributed by atoms with Crippen LogP contribution in [0.1, 0.15) is 26.2 Å². The Labute approximate surface area is 98.8 Å². The summed E-state index contributed by atoms with van der Waals surface area (Å²) in [4.78, 5) is 0. The van der Waals surface area contributed by atoms with Crippen molar-refractivity contribution in [3.8, 4) is 0 Å². The van der Waals surface area contributed by atoms with Gasteiger partial charge in [0.1, 0.15) is 0 Å². The zero-order valence-corrected chi connectivity index (χ0v) is 10.6. The maximum Gasteiger partial charge on any atom is 0.0642 e. The first-order chi connectivity index (χ1) is 7.70. The van der Waals surface area contributed by atoms with E-state index in [0.717, 1.165) is 32.0 Å². The van der Waals surface area contributed by atoms with Crippen molar-refractivity contribution in [3.05, 3.63) is 0 Å². The first-order valence-electron chi connectivity index (χ1n) is 6.26. The molecule has 96 valence electrons. The molecule has 1 fully saturated rings. The molecule has 1 heterocycles. The van der Waals surface area contributed by atoms with Gasteiger partial charge in [-0.05, 0) is 51.7 Å². The van der Waals surface area contributed by atoms with Crippen molar-refractivity contribution in [1.29, 1.82) is 0 Å². The van der Waals surface area contributed by atoms with Crippen LogP contribution in [0, 0.1) is 5.92 Å². The Morgan fingerprint density at radius 2 is 2.12 bits per heavy atom. The van der Waals surface area contributed by atoms with Crippen LogP contribution >= 0.6 is 0 Å². The van der Waals surface area contributed by atoms with Crippen LogP contribution in [0.3, 0.4) is 0 Å². The van der Waals surface area contributed by atoms with Crippen molar-refractivity contribution in [2.24, 2.45) is 5.92 Å². The maximum absolute atomic E-state index is 9.06. The van der Waals surface area contributed by atoms with Crippen molar-refractivity contribution in [2.75, 3.05) is 40.0 Å². The molecule has 1 rings (SSSR count). The second-order valence-corrected chi connectivity index (χ2v) is 5.04. The lowest BCUT2D eigenvalue weighted by Crippen LogP contribution is -2.49. The van der Waals surface area contributed by atoms with Gasteiger partial charge in [-0.2, -0.15) is 0 Å². The lowest BCUT2D eigenvalue weighted by molar-refractivity contribution is 0.0936. The van der Waals surface area contributed by atoms with Gasteiger partial charge < -0.3 is 20.5 Å². The highest BCUT2D eigenvalue weighted by atomic mass is 16.5. The van der Waals surface area contributed by atoms with Gasteiger partial charge in [0.05, 0.1) is 6.61 Å². The van der Waals surface area contributed by atoms with Gasteiger partial charge in [-0.3, -0.25) is 0 Å². The summed E-state index contributed by atoms with van der Waals surface area (Å²) < 4.78 is 5.21. The fraction of sp³-hybridized carbons (Fsp3) is 1.00. The Morgan fingerprint density at radius 3 is 2.69 bits per heavy atom. The van der Waals surface area contributed by atoms with Gasteiger partial charge in [0.15, 0.2) is 0 Å². The van der Waals surface area contributed by atoms with E-state index in [1.54, 1.807) is 7.11 Å². The van der Waals surface area contributed by atoms with Crippen LogP contribution in [0.25, 0.3) is 0 Å². The molecule has 0 aromatic heterocycles. The highest BCUT2D eigenvalue weighted by molar-refractivity contribution is 4.84. The molecule has 0 saturated carbocycles. The molecule has 1 saturated heterocycles. The zero-order valence-electron chi connectivity index (χ0n) is 10.6. The van der Waals surface area contributed by atoms with E-state index in [4.69, 9.17) is 9.84 Å². The monoisotopic (exact) mass is 230 g/mol. The molecular formula is C12H26N2O2. The Morgan fingerprint density at radius 1 is 1.44 bits per heavy atom. The van der Waals surface area contributed by atoms with Crippen LogP contribution in [0.5, 0.6) is 0 Å². The lowest BCUT2D eigenvalue weighted by Gasteiger charge is -2.33. The summed E-state index contributed by atoms with van der Waals surface area (Å²) in [5.41, 5.74) is -0.0889. The largest absolute Gasteiger partial charge is 0.396 e. The smallest absolute Gasteiger partial charge is 0.0642 e. The number of aliphatic hydroxyl groups excluding tert-OH is 1. The van der Waals surface area contributed by atoms with E-state index < -0.39 is 0 Å². The summed E-state index contributed by atoms with van der Waals surface area (Å²) in [5, 5.41) is 16.0. The van der Waals surface area contributed by atoms with E-state index in [-0.39, 0.29) is 12.1 Å². The second kappa shape index (κ2) is 7.22. The number of rotatable bonds is 7. The maximum atomic E-state index is 9.06. The van der Waals surface area contributed by atoms with Crippen molar-refractivity contribution >= 4 is 0 Å². The van der Waals surface area contributed by atoms with Gasteiger partial charge in [0.25, 0.3) is 0 Å². The molecule has 0 aromatic carbocycles. The number of hydrogen-bond acceptors (Lipinski definition) is 4. The predicted octanol–water partition coefficient (Wildman–Crippen LogP) is 0.363. The normalized spacial score (nSPS) is 21.9. The van der Waals surface area contributed by atoms with Crippen LogP contribution in [-0.4, -0.2) is 50.6 Å². The van der Waals surface area contributed by atoms with E-state index in [1.165, 1.54) is 12.8 Å². The molecule has 3 N–H and O–H groups in total. The molecule has 1 aliphatic heterocycles. The molecule has 1 unspecified atom stereocenters. The highest BCUT2D eigenvalue weighted by Crippen LogP contribution is 2.14. The molecule has 4 heteroatoms. The standard InChI is InChI=1S/C12H26N2O2/c1-12(5-8-15,10-16-2)14-9-11-3-6-13-7-4-11/h11,13-15H,3-10H2,1-2H3. The van der Waals surface area contributed by atoms with Gasteiger partial charge in [-0.1, -0.05) is 0 Å². The Kier molecular flexibility index (Phi) is 6.28. The molecule has 0 aliphatic carbocycles. The molecule has 4 nitrogen and oxygen atoms in total. The number of aliphatic hydroxyl groups is 1. The second-order valence-electron chi connectivity index (χ2n) is 5.04. The van der Waals surface area contributed by atoms with Crippen molar-refractivity contribution < 1.29 is 9.84 Å². The van der Waals surface area contributed by atoms with Crippen molar-refractivity contribution in [1.82, 2.24) is 10.6 Å². The number of methoxy groups -OCH3 is 1. The molecule has 0 bridgehead atoms. The van der Waals surface area contributed by atoms with Crippen LogP contribution < -0.4 is 10.6 Å². The van der Waals surface area contributed by atoms with Gasteiger partial charge in [-0.25, -0.2) is 0 Å². The average molecular weight is 230 g/mol. The Bertz CT molecular complexity index is 176. The average Bonchev–Trinajstić information content (AvgIpc) is 2.29. The van der Waals surface area contributed by atoms with E-state index in [9.17, 15) is 0 Å². The summed E-state index contributed by atoms with van der Waals surface area (Å²) in [7, 11) is 1.71. The topological polar surface area (TPSA) is 53.5 Å². The van der Waals surface area contributed by atoms with Gasteiger partial charge in [-0.15, -0.1) is 0 Å². The summed E-state index contributed by atoms with van der Waals surface area (Å²) in [5.74, 6) is 0.760. The summed E-state index contributed by atoms with van der Waals surface area (Å²) >= 11 is 0. The molecule has 0 radical (unpaired) electrons. The van der Waals surface area contributed by atoms with Crippen LogP contribution in [-0.2, 0) is 4.74 Å². The fourth-order valence-electron chi connectivity index (χ4n) is 2.25. The number of piperidine rings is 1. The van der Waals surface area contributed by atoms with Crippen molar-refractivity contribution in [2.45, 2.75) is 31.7 Å². The van der Waals surface area contributed by atoms with Crippen LogP contribution in [0.15, 0.2) is 0 Å². The highest BCUT2D eigenvalue weighted by Gasteiger charge is 2.24. The third-order valence-corrected chi connectivity index (χ3v) is 3.40. The quantitative estimate of drug-likeness (QED) is 0.591. The minimum absolute atomic E-state index is 0.0889. The fourth-order valence-corrected chi connectivity index (χ4v) is 2.25. The molecule has 1 aliphatic rings. The zero-order chi connectivity index (χ0) is 11.9. The van der Waals surface area contributed by atoms with Crippen LogP contribution in [0.4, 0.5) is 0 Å². The minimum atomic E-state index is -0.0889. The minimum Gasteiger partial charge on any atom is -0.396 e. The Balaban J connectivity index is 2.30.